The molecule has 1 saturated carbocycles. The first kappa shape index (κ1) is 13.8. The summed E-state index contributed by atoms with van der Waals surface area (Å²) in [5, 5.41) is 14.2. The van der Waals surface area contributed by atoms with Crippen molar-refractivity contribution in [3.63, 3.8) is 0 Å². The molecule has 1 unspecified atom stereocenters. The number of carboxylic acids is 1. The van der Waals surface area contributed by atoms with E-state index in [0.29, 0.717) is 19.0 Å². The van der Waals surface area contributed by atoms with E-state index in [4.69, 9.17) is 5.11 Å². The molecule has 98 valence electrons. The molecule has 0 aromatic carbocycles. The molecule has 0 radical (unpaired) electrons. The number of rotatable bonds is 6. The topological polar surface area (TPSA) is 78.4 Å². The van der Waals surface area contributed by atoms with E-state index in [1.54, 1.807) is 0 Å². The summed E-state index contributed by atoms with van der Waals surface area (Å²) in [7, 11) is 0. The minimum Gasteiger partial charge on any atom is -0.481 e. The molecule has 0 saturated heterocycles. The van der Waals surface area contributed by atoms with E-state index in [1.165, 1.54) is 0 Å². The van der Waals surface area contributed by atoms with Crippen molar-refractivity contribution in [1.29, 1.82) is 0 Å². The van der Waals surface area contributed by atoms with Gasteiger partial charge in [-0.15, -0.1) is 0 Å². The van der Waals surface area contributed by atoms with E-state index in [9.17, 15) is 9.59 Å². The number of amides is 2. The smallest absolute Gasteiger partial charge is 0.315 e. The molecule has 0 aromatic heterocycles. The van der Waals surface area contributed by atoms with Crippen molar-refractivity contribution in [2.24, 2.45) is 11.8 Å². The van der Waals surface area contributed by atoms with Gasteiger partial charge in [0.05, 0.1) is 0 Å². The molecular formula is C12H22N2O3. The number of hydrogen-bond donors (Lipinski definition) is 3. The summed E-state index contributed by atoms with van der Waals surface area (Å²) in [6.45, 7) is 4.64. The van der Waals surface area contributed by atoms with Crippen LogP contribution in [0.4, 0.5) is 4.79 Å². The molecule has 0 bridgehead atoms. The lowest BCUT2D eigenvalue weighted by atomic mass is 9.82. The maximum Gasteiger partial charge on any atom is 0.315 e. The van der Waals surface area contributed by atoms with Gasteiger partial charge in [-0.1, -0.05) is 13.8 Å². The van der Waals surface area contributed by atoms with E-state index >= 15 is 0 Å². The number of urea groups is 1. The average molecular weight is 242 g/mol. The quantitative estimate of drug-likeness (QED) is 0.661. The Labute approximate surface area is 102 Å². The van der Waals surface area contributed by atoms with Gasteiger partial charge in [0.2, 0.25) is 0 Å². The Morgan fingerprint density at radius 1 is 1.41 bits per heavy atom. The van der Waals surface area contributed by atoms with Crippen molar-refractivity contribution < 1.29 is 14.7 Å². The monoisotopic (exact) mass is 242 g/mol. The normalized spacial score (nSPS) is 24.6. The lowest BCUT2D eigenvalue weighted by molar-refractivity contribution is -0.137. The van der Waals surface area contributed by atoms with E-state index in [1.807, 2.05) is 6.92 Å². The molecule has 17 heavy (non-hydrogen) atoms. The van der Waals surface area contributed by atoms with Crippen molar-refractivity contribution in [1.82, 2.24) is 10.6 Å². The van der Waals surface area contributed by atoms with Crippen LogP contribution in [0, 0.1) is 11.8 Å². The van der Waals surface area contributed by atoms with Gasteiger partial charge in [-0.05, 0) is 31.1 Å². The van der Waals surface area contributed by atoms with Crippen LogP contribution < -0.4 is 10.6 Å². The standard InChI is InChI=1S/C12H22N2O3/c1-8(3-4-11(15)16)7-13-12(17)14-10-5-9(2)6-10/h8-10H,3-7H2,1-2H3,(H,15,16)(H2,13,14,17). The molecule has 0 aliphatic heterocycles. The minimum absolute atomic E-state index is 0.135. The fraction of sp³-hybridized carbons (Fsp3) is 0.833. The van der Waals surface area contributed by atoms with Gasteiger partial charge in [-0.2, -0.15) is 0 Å². The van der Waals surface area contributed by atoms with Crippen molar-refractivity contribution in [3.8, 4) is 0 Å². The average Bonchev–Trinajstić information content (AvgIpc) is 2.21. The number of nitrogens with one attached hydrogen (secondary N) is 2. The van der Waals surface area contributed by atoms with Crippen LogP contribution in [0.3, 0.4) is 0 Å². The molecule has 5 nitrogen and oxygen atoms in total. The van der Waals surface area contributed by atoms with Crippen LogP contribution in [0.2, 0.25) is 0 Å². The maximum absolute atomic E-state index is 11.5. The van der Waals surface area contributed by atoms with Crippen molar-refractivity contribution >= 4 is 12.0 Å². The zero-order valence-electron chi connectivity index (χ0n) is 10.5. The highest BCUT2D eigenvalue weighted by atomic mass is 16.4. The van der Waals surface area contributed by atoms with Crippen LogP contribution in [-0.2, 0) is 4.79 Å². The summed E-state index contributed by atoms with van der Waals surface area (Å²) in [4.78, 5) is 21.8. The molecule has 5 heteroatoms. The fourth-order valence-electron chi connectivity index (χ4n) is 2.00. The zero-order chi connectivity index (χ0) is 12.8. The van der Waals surface area contributed by atoms with Crippen LogP contribution in [0.1, 0.15) is 39.5 Å². The minimum atomic E-state index is -0.787. The molecule has 1 aliphatic carbocycles. The first-order valence-electron chi connectivity index (χ1n) is 6.23. The van der Waals surface area contributed by atoms with Gasteiger partial charge in [0.15, 0.2) is 0 Å². The second-order valence-electron chi connectivity index (χ2n) is 5.17. The van der Waals surface area contributed by atoms with Gasteiger partial charge >= 0.3 is 12.0 Å². The van der Waals surface area contributed by atoms with E-state index in [2.05, 4.69) is 17.6 Å². The third-order valence-electron chi connectivity index (χ3n) is 3.17. The van der Waals surface area contributed by atoms with Gasteiger partial charge in [0.25, 0.3) is 0 Å². The molecule has 0 aromatic rings. The van der Waals surface area contributed by atoms with Gasteiger partial charge < -0.3 is 15.7 Å². The highest BCUT2D eigenvalue weighted by molar-refractivity contribution is 5.74. The van der Waals surface area contributed by atoms with Crippen LogP contribution >= 0.6 is 0 Å². The molecule has 1 atom stereocenters. The van der Waals surface area contributed by atoms with Crippen LogP contribution in [0.25, 0.3) is 0 Å². The highest BCUT2D eigenvalue weighted by Gasteiger charge is 2.26. The lowest BCUT2D eigenvalue weighted by Crippen LogP contribution is -2.48. The van der Waals surface area contributed by atoms with E-state index in [0.717, 1.165) is 18.8 Å². The predicted molar refractivity (Wildman–Crippen MR) is 64.8 cm³/mol. The van der Waals surface area contributed by atoms with Gasteiger partial charge in [0, 0.05) is 19.0 Å². The summed E-state index contributed by atoms with van der Waals surface area (Å²) in [6, 6.07) is 0.184. The first-order chi connectivity index (χ1) is 7.97. The number of carbonyl (C=O) groups excluding carboxylic acids is 1. The molecule has 0 heterocycles. The molecule has 0 spiro atoms. The molecule has 3 N–H and O–H groups in total. The summed E-state index contributed by atoms with van der Waals surface area (Å²) in [6.07, 6.45) is 2.87. The number of carboxylic acid groups (broad SMARTS) is 1. The lowest BCUT2D eigenvalue weighted by Gasteiger charge is -2.33. The summed E-state index contributed by atoms with van der Waals surface area (Å²) in [5.74, 6) is 0.122. The molecule has 2 amide bonds. The molecule has 1 fully saturated rings. The van der Waals surface area contributed by atoms with Crippen molar-refractivity contribution in [3.05, 3.63) is 0 Å². The number of carbonyl (C=O) groups is 2. The summed E-state index contributed by atoms with van der Waals surface area (Å²) >= 11 is 0. The zero-order valence-corrected chi connectivity index (χ0v) is 10.5. The Kier molecular flexibility index (Phi) is 5.25. The number of hydrogen-bond acceptors (Lipinski definition) is 2. The maximum atomic E-state index is 11.5. The van der Waals surface area contributed by atoms with Crippen LogP contribution in [0.5, 0.6) is 0 Å². The van der Waals surface area contributed by atoms with E-state index in [-0.39, 0.29) is 18.4 Å². The second-order valence-corrected chi connectivity index (χ2v) is 5.17. The highest BCUT2D eigenvalue weighted by Crippen LogP contribution is 2.25. The van der Waals surface area contributed by atoms with E-state index < -0.39 is 5.97 Å². The Balaban J connectivity index is 2.04. The van der Waals surface area contributed by atoms with Crippen molar-refractivity contribution in [2.45, 2.75) is 45.6 Å². The fourth-order valence-corrected chi connectivity index (χ4v) is 2.00. The summed E-state index contributed by atoms with van der Waals surface area (Å²) < 4.78 is 0. The van der Waals surface area contributed by atoms with Gasteiger partial charge in [-0.3, -0.25) is 4.79 Å². The van der Waals surface area contributed by atoms with Crippen molar-refractivity contribution in [2.75, 3.05) is 6.54 Å². The van der Waals surface area contributed by atoms with Crippen LogP contribution in [0.15, 0.2) is 0 Å². The predicted octanol–water partition coefficient (Wildman–Crippen LogP) is 1.58. The largest absolute Gasteiger partial charge is 0.481 e. The SMILES string of the molecule is CC(CCC(=O)O)CNC(=O)NC1CC(C)C1. The number of aliphatic carboxylic acids is 1. The Bertz CT molecular complexity index is 275. The van der Waals surface area contributed by atoms with Crippen LogP contribution in [-0.4, -0.2) is 29.7 Å². The van der Waals surface area contributed by atoms with Gasteiger partial charge in [-0.25, -0.2) is 4.79 Å². The first-order valence-corrected chi connectivity index (χ1v) is 6.23. The Hall–Kier alpha value is -1.26. The molecule has 1 rings (SSSR count). The molecular weight excluding hydrogens is 220 g/mol. The Morgan fingerprint density at radius 2 is 2.06 bits per heavy atom. The third kappa shape index (κ3) is 5.56. The van der Waals surface area contributed by atoms with Gasteiger partial charge in [0.1, 0.15) is 0 Å². The Morgan fingerprint density at radius 3 is 2.59 bits per heavy atom. The molecule has 1 aliphatic rings. The second kappa shape index (κ2) is 6.47. The third-order valence-corrected chi connectivity index (χ3v) is 3.17. The summed E-state index contributed by atoms with van der Waals surface area (Å²) in [5.41, 5.74) is 0.